The molecule has 0 spiro atoms. The Balaban J connectivity index is 2.34. The van der Waals surface area contributed by atoms with Crippen molar-refractivity contribution in [3.8, 4) is 5.75 Å². The van der Waals surface area contributed by atoms with Gasteiger partial charge >= 0.3 is 0 Å². The second kappa shape index (κ2) is 6.89. The van der Waals surface area contributed by atoms with Crippen molar-refractivity contribution >= 4 is 11.6 Å². The average Bonchev–Trinajstić information content (AvgIpc) is 2.48. The topological polar surface area (TPSA) is 60.2 Å². The zero-order valence-corrected chi connectivity index (χ0v) is 13.2. The smallest absolute Gasteiger partial charge is 0.128 e. The van der Waals surface area contributed by atoms with Crippen molar-refractivity contribution < 1.29 is 4.74 Å². The lowest BCUT2D eigenvalue weighted by Crippen LogP contribution is -2.30. The summed E-state index contributed by atoms with van der Waals surface area (Å²) in [6.07, 6.45) is 2.46. The monoisotopic (exact) mass is 305 g/mol. The number of hydrogen-bond acceptors (Lipinski definition) is 4. The van der Waals surface area contributed by atoms with Crippen LogP contribution in [0.25, 0.3) is 0 Å². The molecule has 1 unspecified atom stereocenters. The number of halogens is 1. The molecule has 1 heterocycles. The minimum absolute atomic E-state index is 0.0997. The molecule has 0 radical (unpaired) electrons. The standard InChI is InChI=1S/C16H20ClN3O/c1-10-9-19-14(11(2)16(10)21-3)8-15(20-18)12-6-4-5-7-13(12)17/h4-7,9,15,20H,8,18H2,1-3H3. The number of nitrogens with two attached hydrogens (primary N) is 1. The minimum Gasteiger partial charge on any atom is -0.496 e. The van der Waals surface area contributed by atoms with Gasteiger partial charge in [-0.05, 0) is 25.5 Å². The van der Waals surface area contributed by atoms with E-state index in [4.69, 9.17) is 22.2 Å². The van der Waals surface area contributed by atoms with Crippen molar-refractivity contribution in [3.63, 3.8) is 0 Å². The van der Waals surface area contributed by atoms with Crippen molar-refractivity contribution in [2.45, 2.75) is 26.3 Å². The summed E-state index contributed by atoms with van der Waals surface area (Å²) in [6, 6.07) is 7.57. The maximum atomic E-state index is 6.25. The van der Waals surface area contributed by atoms with E-state index in [1.54, 1.807) is 7.11 Å². The Morgan fingerprint density at radius 3 is 2.67 bits per heavy atom. The van der Waals surface area contributed by atoms with E-state index in [-0.39, 0.29) is 6.04 Å². The number of nitrogens with one attached hydrogen (secondary N) is 1. The van der Waals surface area contributed by atoms with Gasteiger partial charge in [0.05, 0.1) is 13.2 Å². The third kappa shape index (κ3) is 3.35. The van der Waals surface area contributed by atoms with E-state index in [0.717, 1.165) is 28.1 Å². The van der Waals surface area contributed by atoms with Crippen LogP contribution in [0, 0.1) is 13.8 Å². The third-order valence-corrected chi connectivity index (χ3v) is 3.97. The van der Waals surface area contributed by atoms with Crippen molar-refractivity contribution in [2.75, 3.05) is 7.11 Å². The van der Waals surface area contributed by atoms with Gasteiger partial charge in [0.15, 0.2) is 0 Å². The van der Waals surface area contributed by atoms with Crippen molar-refractivity contribution in [2.24, 2.45) is 5.84 Å². The van der Waals surface area contributed by atoms with E-state index in [1.165, 1.54) is 0 Å². The number of rotatable bonds is 5. The zero-order chi connectivity index (χ0) is 15.4. The molecule has 0 aliphatic rings. The highest BCUT2D eigenvalue weighted by atomic mass is 35.5. The van der Waals surface area contributed by atoms with Crippen molar-refractivity contribution in [3.05, 3.63) is 57.9 Å². The van der Waals surface area contributed by atoms with Crippen LogP contribution in [0.3, 0.4) is 0 Å². The highest BCUT2D eigenvalue weighted by Gasteiger charge is 2.17. The average molecular weight is 306 g/mol. The number of ether oxygens (including phenoxy) is 1. The molecule has 0 fully saturated rings. The van der Waals surface area contributed by atoms with Gasteiger partial charge in [-0.1, -0.05) is 29.8 Å². The summed E-state index contributed by atoms with van der Waals surface area (Å²) >= 11 is 6.25. The zero-order valence-electron chi connectivity index (χ0n) is 12.5. The van der Waals surface area contributed by atoms with Gasteiger partial charge in [0.25, 0.3) is 0 Å². The van der Waals surface area contributed by atoms with Gasteiger partial charge < -0.3 is 4.74 Å². The molecule has 0 saturated carbocycles. The Hall–Kier alpha value is -1.62. The molecule has 2 rings (SSSR count). The fraction of sp³-hybridized carbons (Fsp3) is 0.312. The molecule has 0 amide bonds. The summed E-state index contributed by atoms with van der Waals surface area (Å²) in [6.45, 7) is 3.99. The van der Waals surface area contributed by atoms with Crippen LogP contribution < -0.4 is 16.0 Å². The largest absolute Gasteiger partial charge is 0.496 e. The first-order chi connectivity index (χ1) is 10.1. The Morgan fingerprint density at radius 1 is 1.33 bits per heavy atom. The molecular formula is C16H20ClN3O. The molecule has 5 heteroatoms. The Kier molecular flexibility index (Phi) is 5.17. The third-order valence-electron chi connectivity index (χ3n) is 3.63. The summed E-state index contributed by atoms with van der Waals surface area (Å²) in [5.41, 5.74) is 6.78. The van der Waals surface area contributed by atoms with Gasteiger partial charge in [-0.3, -0.25) is 16.3 Å². The molecule has 0 saturated heterocycles. The van der Waals surface area contributed by atoms with E-state index < -0.39 is 0 Å². The van der Waals surface area contributed by atoms with Crippen LogP contribution in [-0.4, -0.2) is 12.1 Å². The van der Waals surface area contributed by atoms with Crippen LogP contribution in [-0.2, 0) is 6.42 Å². The normalized spacial score (nSPS) is 12.2. The summed E-state index contributed by atoms with van der Waals surface area (Å²) < 4.78 is 5.44. The maximum Gasteiger partial charge on any atom is 0.128 e. The highest BCUT2D eigenvalue weighted by molar-refractivity contribution is 6.31. The number of aromatic nitrogens is 1. The molecule has 1 atom stereocenters. The Bertz CT molecular complexity index is 631. The lowest BCUT2D eigenvalue weighted by atomic mass is 9.99. The molecule has 3 N–H and O–H groups in total. The fourth-order valence-electron chi connectivity index (χ4n) is 2.49. The maximum absolute atomic E-state index is 6.25. The Morgan fingerprint density at radius 2 is 2.05 bits per heavy atom. The first-order valence-electron chi connectivity index (χ1n) is 6.78. The quantitative estimate of drug-likeness (QED) is 0.658. The van der Waals surface area contributed by atoms with Gasteiger partial charge in [0.2, 0.25) is 0 Å². The lowest BCUT2D eigenvalue weighted by molar-refractivity contribution is 0.406. The SMILES string of the molecule is COc1c(C)cnc(CC(NN)c2ccccc2Cl)c1C. The van der Waals surface area contributed by atoms with Crippen LogP contribution in [0.4, 0.5) is 0 Å². The molecule has 112 valence electrons. The second-order valence-electron chi connectivity index (χ2n) is 4.99. The van der Waals surface area contributed by atoms with Gasteiger partial charge in [0, 0.05) is 34.5 Å². The Labute approximate surface area is 130 Å². The van der Waals surface area contributed by atoms with Crippen LogP contribution in [0.15, 0.2) is 30.5 Å². The summed E-state index contributed by atoms with van der Waals surface area (Å²) in [4.78, 5) is 4.51. The number of hydrazine groups is 1. The predicted octanol–water partition coefficient (Wildman–Crippen LogP) is 3.11. The first kappa shape index (κ1) is 15.8. The number of hydrogen-bond donors (Lipinski definition) is 2. The van der Waals surface area contributed by atoms with E-state index in [1.807, 2.05) is 44.3 Å². The van der Waals surface area contributed by atoms with Gasteiger partial charge in [-0.15, -0.1) is 0 Å². The second-order valence-corrected chi connectivity index (χ2v) is 5.40. The fourth-order valence-corrected chi connectivity index (χ4v) is 2.75. The number of benzene rings is 1. The molecule has 1 aromatic carbocycles. The summed E-state index contributed by atoms with van der Waals surface area (Å²) in [7, 11) is 1.67. The van der Waals surface area contributed by atoms with E-state index in [0.29, 0.717) is 11.4 Å². The van der Waals surface area contributed by atoms with Crippen LogP contribution in [0.5, 0.6) is 5.75 Å². The lowest BCUT2D eigenvalue weighted by Gasteiger charge is -2.19. The van der Waals surface area contributed by atoms with E-state index in [2.05, 4.69) is 10.4 Å². The number of aryl methyl sites for hydroxylation is 1. The number of nitrogens with zero attached hydrogens (tertiary/aromatic N) is 1. The molecule has 0 bridgehead atoms. The molecule has 21 heavy (non-hydrogen) atoms. The molecular weight excluding hydrogens is 286 g/mol. The number of pyridine rings is 1. The minimum atomic E-state index is -0.0997. The van der Waals surface area contributed by atoms with E-state index in [9.17, 15) is 0 Å². The summed E-state index contributed by atoms with van der Waals surface area (Å²) in [5.74, 6) is 6.57. The highest BCUT2D eigenvalue weighted by Crippen LogP contribution is 2.29. The molecule has 1 aromatic heterocycles. The summed E-state index contributed by atoms with van der Waals surface area (Å²) in [5, 5.41) is 0.692. The first-order valence-corrected chi connectivity index (χ1v) is 7.15. The molecule has 0 aliphatic heterocycles. The van der Waals surface area contributed by atoms with Gasteiger partial charge in [-0.2, -0.15) is 0 Å². The van der Waals surface area contributed by atoms with Crippen LogP contribution >= 0.6 is 11.6 Å². The predicted molar refractivity (Wildman–Crippen MR) is 85.5 cm³/mol. The van der Waals surface area contributed by atoms with Crippen molar-refractivity contribution in [1.82, 2.24) is 10.4 Å². The van der Waals surface area contributed by atoms with Crippen molar-refractivity contribution in [1.29, 1.82) is 0 Å². The molecule has 2 aromatic rings. The van der Waals surface area contributed by atoms with Gasteiger partial charge in [0.1, 0.15) is 5.75 Å². The number of methoxy groups -OCH3 is 1. The van der Waals surface area contributed by atoms with Crippen LogP contribution in [0.1, 0.15) is 28.4 Å². The molecule has 0 aliphatic carbocycles. The van der Waals surface area contributed by atoms with E-state index >= 15 is 0 Å². The van der Waals surface area contributed by atoms with Crippen LogP contribution in [0.2, 0.25) is 5.02 Å². The van der Waals surface area contributed by atoms with Gasteiger partial charge in [-0.25, -0.2) is 0 Å². The molecule has 4 nitrogen and oxygen atoms in total.